The lowest BCUT2D eigenvalue weighted by atomic mass is 9.90. The van der Waals surface area contributed by atoms with Crippen LogP contribution >= 0.6 is 0 Å². The van der Waals surface area contributed by atoms with Gasteiger partial charge in [-0.1, -0.05) is 20.8 Å². The third-order valence-electron chi connectivity index (χ3n) is 3.04. The van der Waals surface area contributed by atoms with Crippen LogP contribution in [-0.2, 0) is 0 Å². The second kappa shape index (κ2) is 4.91. The quantitative estimate of drug-likeness (QED) is 0.773. The van der Waals surface area contributed by atoms with Gasteiger partial charge in [-0.2, -0.15) is 5.10 Å². The van der Waals surface area contributed by atoms with Crippen LogP contribution in [0.3, 0.4) is 0 Å². The van der Waals surface area contributed by atoms with Gasteiger partial charge >= 0.3 is 0 Å². The normalized spacial score (nSPS) is 11.4. The van der Waals surface area contributed by atoms with Gasteiger partial charge in [-0.3, -0.25) is 9.89 Å². The first kappa shape index (κ1) is 11.7. The van der Waals surface area contributed by atoms with Crippen molar-refractivity contribution in [1.82, 2.24) is 20.5 Å². The summed E-state index contributed by atoms with van der Waals surface area (Å²) in [4.78, 5) is 15.6. The average Bonchev–Trinajstić information content (AvgIpc) is 2.79. The number of carbonyl (C=O) groups excluding carboxylic acids is 1. The van der Waals surface area contributed by atoms with Gasteiger partial charge < -0.3 is 5.32 Å². The minimum atomic E-state index is -0.182. The van der Waals surface area contributed by atoms with Crippen LogP contribution < -0.4 is 5.32 Å². The van der Waals surface area contributed by atoms with E-state index in [1.807, 2.05) is 0 Å². The highest BCUT2D eigenvalue weighted by Gasteiger charge is 2.27. The molecule has 5 heteroatoms. The zero-order chi connectivity index (χ0) is 11.3. The molecule has 1 amide bonds. The summed E-state index contributed by atoms with van der Waals surface area (Å²) >= 11 is 0. The van der Waals surface area contributed by atoms with Gasteiger partial charge in [0.25, 0.3) is 5.91 Å². The molecule has 0 aliphatic rings. The Morgan fingerprint density at radius 3 is 2.40 bits per heavy atom. The Balaban J connectivity index is 2.71. The Morgan fingerprint density at radius 1 is 1.40 bits per heavy atom. The van der Waals surface area contributed by atoms with Crippen LogP contribution in [0.1, 0.15) is 50.7 Å². The fourth-order valence-corrected chi connectivity index (χ4v) is 1.63. The Hall–Kier alpha value is -1.39. The molecule has 5 nitrogen and oxygen atoms in total. The molecule has 0 aliphatic carbocycles. The Bertz CT molecular complexity index is 295. The summed E-state index contributed by atoms with van der Waals surface area (Å²) in [6.07, 6.45) is 4.08. The number of hydrogen-bond acceptors (Lipinski definition) is 3. The molecule has 1 heterocycles. The highest BCUT2D eigenvalue weighted by molar-refractivity contribution is 5.90. The van der Waals surface area contributed by atoms with Crippen LogP contribution in [0.15, 0.2) is 6.33 Å². The fourth-order valence-electron chi connectivity index (χ4n) is 1.63. The minimum absolute atomic E-state index is 0.121. The summed E-state index contributed by atoms with van der Waals surface area (Å²) in [6, 6.07) is 0. The van der Waals surface area contributed by atoms with Crippen LogP contribution in [0.4, 0.5) is 0 Å². The number of aromatic amines is 1. The Kier molecular flexibility index (Phi) is 3.82. The van der Waals surface area contributed by atoms with Gasteiger partial charge in [0, 0.05) is 5.54 Å². The zero-order valence-electron chi connectivity index (χ0n) is 9.50. The molecule has 0 saturated heterocycles. The summed E-state index contributed by atoms with van der Waals surface area (Å²) in [6.45, 7) is 6.23. The molecule has 0 spiro atoms. The van der Waals surface area contributed by atoms with E-state index < -0.39 is 0 Å². The molecule has 1 aromatic rings. The summed E-state index contributed by atoms with van der Waals surface area (Å²) in [5, 5.41) is 9.22. The molecule has 1 rings (SSSR count). The van der Waals surface area contributed by atoms with Crippen molar-refractivity contribution in [3.05, 3.63) is 12.2 Å². The van der Waals surface area contributed by atoms with E-state index in [-0.39, 0.29) is 17.3 Å². The first-order valence-electron chi connectivity index (χ1n) is 5.35. The number of nitrogens with one attached hydrogen (secondary N) is 2. The molecule has 0 atom stereocenters. The molecule has 0 aliphatic heterocycles. The maximum Gasteiger partial charge on any atom is 0.289 e. The van der Waals surface area contributed by atoms with E-state index in [9.17, 15) is 4.79 Å². The van der Waals surface area contributed by atoms with Crippen molar-refractivity contribution < 1.29 is 4.79 Å². The highest BCUT2D eigenvalue weighted by atomic mass is 16.2. The third kappa shape index (κ3) is 2.55. The molecule has 2 N–H and O–H groups in total. The number of aromatic nitrogens is 3. The van der Waals surface area contributed by atoms with Crippen molar-refractivity contribution in [2.24, 2.45) is 0 Å². The van der Waals surface area contributed by atoms with Gasteiger partial charge in [0.15, 0.2) is 0 Å². The smallest absolute Gasteiger partial charge is 0.289 e. The van der Waals surface area contributed by atoms with Crippen molar-refractivity contribution in [3.63, 3.8) is 0 Å². The molecular formula is C10H18N4O. The average molecular weight is 210 g/mol. The van der Waals surface area contributed by atoms with E-state index in [2.05, 4.69) is 41.3 Å². The molecule has 0 saturated carbocycles. The lowest BCUT2D eigenvalue weighted by Gasteiger charge is -2.31. The van der Waals surface area contributed by atoms with Crippen molar-refractivity contribution >= 4 is 5.91 Å². The lowest BCUT2D eigenvalue weighted by molar-refractivity contribution is 0.0878. The SMILES string of the molecule is CCC(CC)(CC)NC(=O)c1ncn[nH]1. The van der Waals surface area contributed by atoms with Gasteiger partial charge in [-0.25, -0.2) is 4.98 Å². The molecule has 1 aromatic heterocycles. The maximum absolute atomic E-state index is 11.8. The van der Waals surface area contributed by atoms with Gasteiger partial charge in [0.05, 0.1) is 0 Å². The van der Waals surface area contributed by atoms with E-state index in [0.29, 0.717) is 0 Å². The van der Waals surface area contributed by atoms with E-state index in [4.69, 9.17) is 0 Å². The van der Waals surface area contributed by atoms with Gasteiger partial charge in [0.2, 0.25) is 5.82 Å². The maximum atomic E-state index is 11.8. The van der Waals surface area contributed by atoms with Crippen LogP contribution in [0.5, 0.6) is 0 Å². The number of carbonyl (C=O) groups is 1. The van der Waals surface area contributed by atoms with Crippen LogP contribution in [0, 0.1) is 0 Å². The number of rotatable bonds is 5. The van der Waals surface area contributed by atoms with Crippen molar-refractivity contribution in [3.8, 4) is 0 Å². The lowest BCUT2D eigenvalue weighted by Crippen LogP contribution is -2.47. The minimum Gasteiger partial charge on any atom is -0.344 e. The fraction of sp³-hybridized carbons (Fsp3) is 0.700. The first-order chi connectivity index (χ1) is 7.17. The standard InChI is InChI=1S/C10H18N4O/c1-4-10(5-2,6-3)13-9(15)8-11-7-12-14-8/h7H,4-6H2,1-3H3,(H,13,15)(H,11,12,14). The summed E-state index contributed by atoms with van der Waals surface area (Å²) < 4.78 is 0. The molecule has 0 aromatic carbocycles. The second-order valence-electron chi connectivity index (χ2n) is 3.63. The molecule has 0 bridgehead atoms. The number of H-pyrrole nitrogens is 1. The number of hydrogen-bond donors (Lipinski definition) is 2. The van der Waals surface area contributed by atoms with E-state index >= 15 is 0 Å². The molecule has 15 heavy (non-hydrogen) atoms. The zero-order valence-corrected chi connectivity index (χ0v) is 9.50. The van der Waals surface area contributed by atoms with Crippen LogP contribution in [0.2, 0.25) is 0 Å². The van der Waals surface area contributed by atoms with Crippen molar-refractivity contribution in [2.45, 2.75) is 45.6 Å². The molecule has 84 valence electrons. The van der Waals surface area contributed by atoms with Crippen molar-refractivity contribution in [1.29, 1.82) is 0 Å². The largest absolute Gasteiger partial charge is 0.344 e. The number of amides is 1. The number of nitrogens with zero attached hydrogens (tertiary/aromatic N) is 2. The molecule has 0 radical (unpaired) electrons. The second-order valence-corrected chi connectivity index (χ2v) is 3.63. The van der Waals surface area contributed by atoms with E-state index in [1.54, 1.807) is 0 Å². The summed E-state index contributed by atoms with van der Waals surface area (Å²) in [7, 11) is 0. The third-order valence-corrected chi connectivity index (χ3v) is 3.04. The van der Waals surface area contributed by atoms with Crippen LogP contribution in [-0.4, -0.2) is 26.6 Å². The predicted octanol–water partition coefficient (Wildman–Crippen LogP) is 1.50. The summed E-state index contributed by atoms with van der Waals surface area (Å²) in [5.74, 6) is 0.0905. The summed E-state index contributed by atoms with van der Waals surface area (Å²) in [5.41, 5.74) is -0.121. The molecular weight excluding hydrogens is 192 g/mol. The van der Waals surface area contributed by atoms with E-state index in [0.717, 1.165) is 19.3 Å². The topological polar surface area (TPSA) is 70.7 Å². The predicted molar refractivity (Wildman–Crippen MR) is 57.5 cm³/mol. The Morgan fingerprint density at radius 2 is 2.00 bits per heavy atom. The first-order valence-corrected chi connectivity index (χ1v) is 5.35. The monoisotopic (exact) mass is 210 g/mol. The van der Waals surface area contributed by atoms with Gasteiger partial charge in [-0.05, 0) is 19.3 Å². The van der Waals surface area contributed by atoms with Gasteiger partial charge in [-0.15, -0.1) is 0 Å². The van der Waals surface area contributed by atoms with Crippen molar-refractivity contribution in [2.75, 3.05) is 0 Å². The van der Waals surface area contributed by atoms with E-state index in [1.165, 1.54) is 6.33 Å². The highest BCUT2D eigenvalue weighted by Crippen LogP contribution is 2.19. The Labute approximate surface area is 89.7 Å². The molecule has 0 unspecified atom stereocenters. The molecule has 0 fully saturated rings. The van der Waals surface area contributed by atoms with Crippen LogP contribution in [0.25, 0.3) is 0 Å². The van der Waals surface area contributed by atoms with Gasteiger partial charge in [0.1, 0.15) is 6.33 Å².